The van der Waals surface area contributed by atoms with E-state index in [9.17, 15) is 9.59 Å². The van der Waals surface area contributed by atoms with Crippen LogP contribution in [0.4, 0.5) is 0 Å². The Kier molecular flexibility index (Phi) is 8.79. The lowest BCUT2D eigenvalue weighted by molar-refractivity contribution is -0.165. The van der Waals surface area contributed by atoms with Crippen molar-refractivity contribution in [1.29, 1.82) is 0 Å². The number of aliphatic hydroxyl groups is 3. The standard InChI is InChI=1S/C4H6O6.C3H6O/c5-1(3(7)8)2(6)4(9)10;1-2-3-4/h1-2,5-6H,(H,7,8)(H,9,10);2,4H,1,3H2. The summed E-state index contributed by atoms with van der Waals surface area (Å²) < 4.78 is 0. The minimum atomic E-state index is -2.27. The van der Waals surface area contributed by atoms with Gasteiger partial charge in [0, 0.05) is 0 Å². The lowest BCUT2D eigenvalue weighted by Crippen LogP contribution is -2.39. The van der Waals surface area contributed by atoms with Gasteiger partial charge >= 0.3 is 11.9 Å². The van der Waals surface area contributed by atoms with E-state index in [-0.39, 0.29) is 6.61 Å². The zero-order valence-electron chi connectivity index (χ0n) is 7.20. The van der Waals surface area contributed by atoms with E-state index in [1.54, 1.807) is 0 Å². The van der Waals surface area contributed by atoms with E-state index in [1.165, 1.54) is 6.08 Å². The number of aliphatic carboxylic acids is 2. The van der Waals surface area contributed by atoms with Gasteiger partial charge in [-0.15, -0.1) is 6.58 Å². The fraction of sp³-hybridized carbons (Fsp3) is 0.429. The summed E-state index contributed by atoms with van der Waals surface area (Å²) in [7, 11) is 0. The number of carboxylic acid groups (broad SMARTS) is 2. The van der Waals surface area contributed by atoms with Gasteiger partial charge in [-0.05, 0) is 0 Å². The highest BCUT2D eigenvalue weighted by molar-refractivity contribution is 5.82. The second-order valence-electron chi connectivity index (χ2n) is 2.04. The maximum atomic E-state index is 9.77. The van der Waals surface area contributed by atoms with Crippen LogP contribution < -0.4 is 0 Å². The number of hydrogen-bond acceptors (Lipinski definition) is 5. The van der Waals surface area contributed by atoms with Gasteiger partial charge < -0.3 is 25.5 Å². The van der Waals surface area contributed by atoms with Crippen molar-refractivity contribution in [3.63, 3.8) is 0 Å². The van der Waals surface area contributed by atoms with Crippen LogP contribution in [0.25, 0.3) is 0 Å². The molecule has 0 aliphatic carbocycles. The predicted octanol–water partition coefficient (Wildman–Crippen LogP) is -1.96. The summed E-state index contributed by atoms with van der Waals surface area (Å²) in [4.78, 5) is 19.5. The summed E-state index contributed by atoms with van der Waals surface area (Å²) in [5.41, 5.74) is 0. The Morgan fingerprint density at radius 1 is 1.14 bits per heavy atom. The molecule has 14 heavy (non-hydrogen) atoms. The van der Waals surface area contributed by atoms with Crippen molar-refractivity contribution in [2.45, 2.75) is 12.2 Å². The molecule has 0 aromatic carbocycles. The van der Waals surface area contributed by atoms with Crippen LogP contribution >= 0.6 is 0 Å². The minimum Gasteiger partial charge on any atom is -0.479 e. The van der Waals surface area contributed by atoms with Gasteiger partial charge in [0.15, 0.2) is 12.2 Å². The third-order valence-electron chi connectivity index (χ3n) is 0.934. The fourth-order valence-electron chi connectivity index (χ4n) is 0.270. The van der Waals surface area contributed by atoms with E-state index in [1.807, 2.05) is 0 Å². The van der Waals surface area contributed by atoms with Crippen LogP contribution in [0.1, 0.15) is 0 Å². The molecular formula is C7H12O7. The number of aliphatic hydroxyl groups excluding tert-OH is 3. The summed E-state index contributed by atoms with van der Waals surface area (Å²) in [6, 6.07) is 0. The summed E-state index contributed by atoms with van der Waals surface area (Å²) in [6.45, 7) is 3.31. The fourth-order valence-corrected chi connectivity index (χ4v) is 0.270. The number of hydrogen-bond donors (Lipinski definition) is 5. The van der Waals surface area contributed by atoms with Gasteiger partial charge in [0.25, 0.3) is 0 Å². The first kappa shape index (κ1) is 15.1. The summed E-state index contributed by atoms with van der Waals surface area (Å²) in [5.74, 6) is -3.54. The van der Waals surface area contributed by atoms with Gasteiger partial charge in [-0.2, -0.15) is 0 Å². The van der Waals surface area contributed by atoms with Crippen molar-refractivity contribution in [2.75, 3.05) is 6.61 Å². The number of carboxylic acids is 2. The van der Waals surface area contributed by atoms with Crippen molar-refractivity contribution in [3.8, 4) is 0 Å². The largest absolute Gasteiger partial charge is 0.479 e. The van der Waals surface area contributed by atoms with E-state index in [0.29, 0.717) is 0 Å². The average Bonchev–Trinajstić information content (AvgIpc) is 2.15. The Hall–Kier alpha value is -1.44. The molecule has 7 nitrogen and oxygen atoms in total. The van der Waals surface area contributed by atoms with E-state index in [0.717, 1.165) is 0 Å². The molecule has 7 heteroatoms. The van der Waals surface area contributed by atoms with Crippen molar-refractivity contribution < 1.29 is 35.1 Å². The second kappa shape index (κ2) is 8.17. The number of rotatable bonds is 4. The van der Waals surface area contributed by atoms with Crippen molar-refractivity contribution >= 4 is 11.9 Å². The number of carbonyl (C=O) groups is 2. The maximum Gasteiger partial charge on any atom is 0.335 e. The Balaban J connectivity index is 0. The van der Waals surface area contributed by atoms with Gasteiger partial charge in [0.1, 0.15) is 0 Å². The van der Waals surface area contributed by atoms with Gasteiger partial charge in [-0.1, -0.05) is 6.08 Å². The van der Waals surface area contributed by atoms with Gasteiger partial charge in [-0.3, -0.25) is 0 Å². The van der Waals surface area contributed by atoms with Crippen molar-refractivity contribution in [1.82, 2.24) is 0 Å². The quantitative estimate of drug-likeness (QED) is 0.338. The van der Waals surface area contributed by atoms with Crippen LogP contribution in [0.15, 0.2) is 12.7 Å². The summed E-state index contributed by atoms with van der Waals surface area (Å²) in [6.07, 6.45) is -3.10. The molecule has 0 radical (unpaired) electrons. The molecule has 0 aromatic heterocycles. The van der Waals surface area contributed by atoms with E-state index < -0.39 is 24.1 Å². The molecule has 0 spiro atoms. The van der Waals surface area contributed by atoms with Crippen LogP contribution in [-0.4, -0.2) is 56.3 Å². The maximum absolute atomic E-state index is 9.77. The highest BCUT2D eigenvalue weighted by Gasteiger charge is 2.29. The molecule has 5 N–H and O–H groups in total. The molecule has 0 rings (SSSR count). The smallest absolute Gasteiger partial charge is 0.335 e. The topological polar surface area (TPSA) is 135 Å². The van der Waals surface area contributed by atoms with Crippen LogP contribution in [0, 0.1) is 0 Å². The Morgan fingerprint density at radius 2 is 1.36 bits per heavy atom. The summed E-state index contributed by atoms with van der Waals surface area (Å²) >= 11 is 0. The Morgan fingerprint density at radius 3 is 1.43 bits per heavy atom. The Bertz CT molecular complexity index is 182. The molecule has 0 heterocycles. The van der Waals surface area contributed by atoms with E-state index in [2.05, 4.69) is 6.58 Å². The first-order valence-corrected chi connectivity index (χ1v) is 3.42. The summed E-state index contributed by atoms with van der Waals surface area (Å²) in [5, 5.41) is 40.3. The lowest BCUT2D eigenvalue weighted by Gasteiger charge is -2.07. The lowest BCUT2D eigenvalue weighted by atomic mass is 10.2. The van der Waals surface area contributed by atoms with Crippen LogP contribution in [0.3, 0.4) is 0 Å². The molecule has 0 aliphatic rings. The van der Waals surface area contributed by atoms with E-state index >= 15 is 0 Å². The molecule has 2 atom stereocenters. The van der Waals surface area contributed by atoms with Crippen molar-refractivity contribution in [3.05, 3.63) is 12.7 Å². The van der Waals surface area contributed by atoms with E-state index in [4.69, 9.17) is 25.5 Å². The normalized spacial score (nSPS) is 13.1. The molecule has 0 saturated heterocycles. The van der Waals surface area contributed by atoms with Gasteiger partial charge in [0.05, 0.1) is 6.61 Å². The third-order valence-corrected chi connectivity index (χ3v) is 0.934. The molecule has 0 bridgehead atoms. The SMILES string of the molecule is C=CCO.O=C(O)C(O)C(O)C(=O)O. The molecule has 0 amide bonds. The second-order valence-corrected chi connectivity index (χ2v) is 2.04. The molecule has 0 saturated carbocycles. The highest BCUT2D eigenvalue weighted by atomic mass is 16.4. The molecule has 0 aliphatic heterocycles. The third kappa shape index (κ3) is 7.22. The van der Waals surface area contributed by atoms with Crippen LogP contribution in [0.5, 0.6) is 0 Å². The zero-order valence-corrected chi connectivity index (χ0v) is 7.20. The van der Waals surface area contributed by atoms with Crippen molar-refractivity contribution in [2.24, 2.45) is 0 Å². The molecule has 0 aromatic rings. The zero-order chi connectivity index (χ0) is 11.7. The molecular weight excluding hydrogens is 196 g/mol. The minimum absolute atomic E-state index is 0.0833. The molecule has 0 fully saturated rings. The molecule has 2 unspecified atom stereocenters. The average molecular weight is 208 g/mol. The first-order chi connectivity index (χ1) is 6.38. The van der Waals surface area contributed by atoms with Crippen LogP contribution in [-0.2, 0) is 9.59 Å². The predicted molar refractivity (Wildman–Crippen MR) is 44.6 cm³/mol. The highest BCUT2D eigenvalue weighted by Crippen LogP contribution is 1.92. The Labute approximate surface area is 79.5 Å². The van der Waals surface area contributed by atoms with Gasteiger partial charge in [-0.25, -0.2) is 9.59 Å². The first-order valence-electron chi connectivity index (χ1n) is 3.42. The monoisotopic (exact) mass is 208 g/mol. The molecule has 82 valence electrons. The van der Waals surface area contributed by atoms with Crippen LogP contribution in [0.2, 0.25) is 0 Å². The van der Waals surface area contributed by atoms with Gasteiger partial charge in [0.2, 0.25) is 0 Å².